The Morgan fingerprint density at radius 1 is 1.23 bits per heavy atom. The van der Waals surface area contributed by atoms with E-state index in [4.69, 9.17) is 5.26 Å². The molecular weight excluding hydrogens is 459 g/mol. The van der Waals surface area contributed by atoms with Crippen LogP contribution in [-0.2, 0) is 11.0 Å². The zero-order valence-electron chi connectivity index (χ0n) is 19.5. The number of alkyl halides is 3. The summed E-state index contributed by atoms with van der Waals surface area (Å²) in [6, 6.07) is 8.76. The Hall–Kier alpha value is -3.61. The van der Waals surface area contributed by atoms with Crippen LogP contribution in [0.1, 0.15) is 40.0 Å². The Kier molecular flexibility index (Phi) is 6.45. The van der Waals surface area contributed by atoms with Crippen LogP contribution < -0.4 is 10.2 Å². The number of nitriles is 1. The molecule has 1 unspecified atom stereocenters. The molecule has 1 aromatic heterocycles. The summed E-state index contributed by atoms with van der Waals surface area (Å²) in [7, 11) is 1.57. The predicted molar refractivity (Wildman–Crippen MR) is 122 cm³/mol. The molecule has 2 aliphatic heterocycles. The zero-order chi connectivity index (χ0) is 25.4. The number of carbonyl (C=O) groups is 2. The third-order valence-corrected chi connectivity index (χ3v) is 7.29. The van der Waals surface area contributed by atoms with Crippen LogP contribution in [0.5, 0.6) is 0 Å². The van der Waals surface area contributed by atoms with Gasteiger partial charge >= 0.3 is 6.18 Å². The minimum Gasteiger partial charge on any atom is -0.371 e. The average Bonchev–Trinajstić information content (AvgIpc) is 3.21. The topological polar surface area (TPSA) is 89.3 Å². The fraction of sp³-hybridized carbons (Fsp3) is 0.440. The monoisotopic (exact) mass is 485 g/mol. The van der Waals surface area contributed by atoms with E-state index in [1.54, 1.807) is 43.3 Å². The number of likely N-dealkylation sites (tertiary alicyclic amines) is 1. The van der Waals surface area contributed by atoms with Crippen molar-refractivity contribution in [3.63, 3.8) is 0 Å². The van der Waals surface area contributed by atoms with Crippen LogP contribution in [0.25, 0.3) is 0 Å². The van der Waals surface area contributed by atoms with Crippen LogP contribution in [0.2, 0.25) is 0 Å². The summed E-state index contributed by atoms with van der Waals surface area (Å²) in [6.45, 7) is 3.31. The molecule has 0 saturated carbocycles. The largest absolute Gasteiger partial charge is 0.417 e. The number of aromatic nitrogens is 1. The molecule has 1 N–H and O–H groups in total. The van der Waals surface area contributed by atoms with Crippen LogP contribution in [0.15, 0.2) is 36.5 Å². The number of piperidine rings is 1. The van der Waals surface area contributed by atoms with Gasteiger partial charge in [-0.2, -0.15) is 18.4 Å². The van der Waals surface area contributed by atoms with Crippen molar-refractivity contribution >= 4 is 17.5 Å². The molecule has 0 bridgehead atoms. The number of benzene rings is 1. The molecule has 0 aliphatic carbocycles. The summed E-state index contributed by atoms with van der Waals surface area (Å²) in [6.07, 6.45) is -1.92. The number of aryl methyl sites for hydroxylation is 1. The molecule has 2 aliphatic rings. The van der Waals surface area contributed by atoms with E-state index in [0.29, 0.717) is 49.4 Å². The summed E-state index contributed by atoms with van der Waals surface area (Å²) in [5, 5.41) is 11.8. The van der Waals surface area contributed by atoms with Crippen molar-refractivity contribution in [3.8, 4) is 6.07 Å². The lowest BCUT2D eigenvalue weighted by Crippen LogP contribution is -2.48. The second-order valence-corrected chi connectivity index (χ2v) is 9.18. The maximum Gasteiger partial charge on any atom is 0.417 e. The normalized spacial score (nSPS) is 19.5. The van der Waals surface area contributed by atoms with Gasteiger partial charge in [-0.1, -0.05) is 0 Å². The standard InChI is InChI=1S/C25H26F3N5O2/c1-16-19(4-3-9-31-16)23(35)33-14-21(22(34)30-2)24(15-33)7-10-32(11-8-24)18-6-5-17(13-29)20(12-18)25(26,27)28/h3-6,9,12,21H,7-8,10-11,14-15H2,1-2H3,(H,30,34). The van der Waals surface area contributed by atoms with Gasteiger partial charge in [0.25, 0.3) is 5.91 Å². The molecule has 7 nitrogen and oxygen atoms in total. The molecule has 184 valence electrons. The van der Waals surface area contributed by atoms with Gasteiger partial charge in [-0.15, -0.1) is 0 Å². The third-order valence-electron chi connectivity index (χ3n) is 7.29. The first-order valence-electron chi connectivity index (χ1n) is 11.4. The van der Waals surface area contributed by atoms with E-state index >= 15 is 0 Å². The third kappa shape index (κ3) is 4.55. The van der Waals surface area contributed by atoms with E-state index in [9.17, 15) is 22.8 Å². The van der Waals surface area contributed by atoms with Crippen molar-refractivity contribution in [3.05, 3.63) is 58.9 Å². The lowest BCUT2D eigenvalue weighted by molar-refractivity contribution is -0.137. The van der Waals surface area contributed by atoms with Gasteiger partial charge in [0, 0.05) is 56.2 Å². The quantitative estimate of drug-likeness (QED) is 0.720. The SMILES string of the molecule is CNC(=O)C1CN(C(=O)c2cccnc2C)CC12CCN(c1ccc(C#N)c(C(F)(F)F)c1)CC2. The number of nitrogens with zero attached hydrogens (tertiary/aromatic N) is 4. The lowest BCUT2D eigenvalue weighted by Gasteiger charge is -2.43. The predicted octanol–water partition coefficient (Wildman–Crippen LogP) is 3.39. The number of halogens is 3. The van der Waals surface area contributed by atoms with Gasteiger partial charge in [0.1, 0.15) is 0 Å². The van der Waals surface area contributed by atoms with Crippen molar-refractivity contribution in [1.82, 2.24) is 15.2 Å². The fourth-order valence-corrected chi connectivity index (χ4v) is 5.32. The molecule has 2 aromatic rings. The molecule has 35 heavy (non-hydrogen) atoms. The van der Waals surface area contributed by atoms with Gasteiger partial charge in [-0.05, 0) is 50.1 Å². The van der Waals surface area contributed by atoms with E-state index < -0.39 is 28.6 Å². The number of anilines is 1. The van der Waals surface area contributed by atoms with Crippen molar-refractivity contribution in [2.24, 2.45) is 11.3 Å². The lowest BCUT2D eigenvalue weighted by atomic mass is 9.70. The van der Waals surface area contributed by atoms with Gasteiger partial charge in [-0.3, -0.25) is 14.6 Å². The van der Waals surface area contributed by atoms with E-state index in [-0.39, 0.29) is 18.4 Å². The average molecular weight is 486 g/mol. The highest BCUT2D eigenvalue weighted by atomic mass is 19.4. The van der Waals surface area contributed by atoms with Crippen LogP contribution in [-0.4, -0.2) is 54.9 Å². The summed E-state index contributed by atoms with van der Waals surface area (Å²) in [5.41, 5.74) is -0.335. The smallest absolute Gasteiger partial charge is 0.371 e. The second-order valence-electron chi connectivity index (χ2n) is 9.18. The number of amides is 2. The van der Waals surface area contributed by atoms with E-state index in [1.165, 1.54) is 12.1 Å². The van der Waals surface area contributed by atoms with Gasteiger partial charge in [0.15, 0.2) is 0 Å². The van der Waals surface area contributed by atoms with Gasteiger partial charge in [-0.25, -0.2) is 0 Å². The van der Waals surface area contributed by atoms with E-state index in [2.05, 4.69) is 10.3 Å². The van der Waals surface area contributed by atoms with Crippen LogP contribution in [0.4, 0.5) is 18.9 Å². The number of pyridine rings is 1. The molecule has 4 rings (SSSR count). The highest BCUT2D eigenvalue weighted by molar-refractivity contribution is 5.96. The second kappa shape index (κ2) is 9.21. The Bertz CT molecular complexity index is 1180. The Balaban J connectivity index is 1.56. The highest BCUT2D eigenvalue weighted by Crippen LogP contribution is 2.46. The first-order chi connectivity index (χ1) is 16.6. The van der Waals surface area contributed by atoms with Crippen molar-refractivity contribution in [1.29, 1.82) is 5.26 Å². The number of hydrogen-bond acceptors (Lipinski definition) is 5. The summed E-state index contributed by atoms with van der Waals surface area (Å²) in [4.78, 5) is 33.8. The number of nitrogens with one attached hydrogen (secondary N) is 1. The van der Waals surface area contributed by atoms with Gasteiger partial charge < -0.3 is 15.1 Å². The molecule has 10 heteroatoms. The number of hydrogen-bond donors (Lipinski definition) is 1. The van der Waals surface area contributed by atoms with E-state index in [1.807, 2.05) is 4.90 Å². The van der Waals surface area contributed by atoms with Gasteiger partial charge in [0.05, 0.1) is 28.7 Å². The zero-order valence-corrected chi connectivity index (χ0v) is 19.5. The molecule has 0 radical (unpaired) electrons. The molecule has 2 amide bonds. The maximum absolute atomic E-state index is 13.4. The highest BCUT2D eigenvalue weighted by Gasteiger charge is 2.52. The molecular formula is C25H26F3N5O2. The minimum atomic E-state index is -4.63. The summed E-state index contributed by atoms with van der Waals surface area (Å²) < 4.78 is 40.3. The Morgan fingerprint density at radius 2 is 1.94 bits per heavy atom. The molecule has 2 saturated heterocycles. The molecule has 3 heterocycles. The number of rotatable bonds is 3. The summed E-state index contributed by atoms with van der Waals surface area (Å²) >= 11 is 0. The van der Waals surface area contributed by atoms with Crippen molar-refractivity contribution < 1.29 is 22.8 Å². The van der Waals surface area contributed by atoms with Crippen LogP contribution in [0, 0.1) is 29.6 Å². The van der Waals surface area contributed by atoms with Gasteiger partial charge in [0.2, 0.25) is 5.91 Å². The molecule has 1 atom stereocenters. The molecule has 2 fully saturated rings. The first-order valence-corrected chi connectivity index (χ1v) is 11.4. The Labute approximate surface area is 201 Å². The fourth-order valence-electron chi connectivity index (χ4n) is 5.32. The van der Waals surface area contributed by atoms with Crippen LogP contribution in [0.3, 0.4) is 0 Å². The molecule has 1 spiro atoms. The minimum absolute atomic E-state index is 0.144. The Morgan fingerprint density at radius 3 is 2.54 bits per heavy atom. The van der Waals surface area contributed by atoms with E-state index in [0.717, 1.165) is 6.07 Å². The number of carbonyl (C=O) groups excluding carboxylic acids is 2. The summed E-state index contributed by atoms with van der Waals surface area (Å²) in [5.74, 6) is -0.734. The maximum atomic E-state index is 13.4. The first kappa shape index (κ1) is 24.5. The van der Waals surface area contributed by atoms with Crippen LogP contribution >= 0.6 is 0 Å². The van der Waals surface area contributed by atoms with Crippen molar-refractivity contribution in [2.45, 2.75) is 25.9 Å². The molecule has 1 aromatic carbocycles. The van der Waals surface area contributed by atoms with Crippen molar-refractivity contribution in [2.75, 3.05) is 38.1 Å².